The third-order valence-electron chi connectivity index (χ3n) is 3.93. The summed E-state index contributed by atoms with van der Waals surface area (Å²) in [7, 11) is 3.19. The second-order valence-corrected chi connectivity index (χ2v) is 5.66. The highest BCUT2D eigenvalue weighted by atomic mass is 16.5. The maximum atomic E-state index is 9.37. The Hall–Kier alpha value is -4.09. The number of ether oxygens (including phenoxy) is 4. The van der Waals surface area contributed by atoms with Crippen molar-refractivity contribution >= 4 is 0 Å². The van der Waals surface area contributed by atoms with E-state index < -0.39 is 0 Å². The summed E-state index contributed by atoms with van der Waals surface area (Å²) in [6.45, 7) is 0. The first kappa shape index (κ1) is 18.7. The Balaban J connectivity index is 1.98. The van der Waals surface area contributed by atoms with Crippen molar-refractivity contribution < 1.29 is 18.9 Å². The van der Waals surface area contributed by atoms with Crippen LogP contribution in [0.4, 0.5) is 0 Å². The van der Waals surface area contributed by atoms with Crippen molar-refractivity contribution in [3.63, 3.8) is 0 Å². The Labute approximate surface area is 163 Å². The summed E-state index contributed by atoms with van der Waals surface area (Å²) in [5, 5.41) is 9.37. The van der Waals surface area contributed by atoms with Crippen LogP contribution in [0.2, 0.25) is 0 Å². The molecule has 138 valence electrons. The predicted octanol–water partition coefficient (Wildman–Crippen LogP) is 5.14. The zero-order valence-corrected chi connectivity index (χ0v) is 15.4. The van der Waals surface area contributed by atoms with Crippen LogP contribution in [0, 0.1) is 23.7 Å². The monoisotopic (exact) mass is 371 g/mol. The second-order valence-electron chi connectivity index (χ2n) is 5.66. The van der Waals surface area contributed by atoms with Crippen molar-refractivity contribution in [2.24, 2.45) is 0 Å². The van der Waals surface area contributed by atoms with Gasteiger partial charge in [-0.2, -0.15) is 5.26 Å². The van der Waals surface area contributed by atoms with E-state index in [0.29, 0.717) is 45.6 Å². The van der Waals surface area contributed by atoms with Crippen LogP contribution < -0.4 is 18.9 Å². The molecule has 0 fully saturated rings. The molecule has 0 radical (unpaired) electrons. The molecular formula is C23H17NO4. The molecule has 0 bridgehead atoms. The van der Waals surface area contributed by atoms with Gasteiger partial charge in [-0.3, -0.25) is 0 Å². The lowest BCUT2D eigenvalue weighted by Gasteiger charge is -2.14. The minimum absolute atomic E-state index is 0.327. The maximum Gasteiger partial charge on any atom is 0.171 e. The average molecular weight is 371 g/mol. The minimum Gasteiger partial charge on any atom is -0.497 e. The normalized spacial score (nSPS) is 9.71. The molecule has 0 spiro atoms. The summed E-state index contributed by atoms with van der Waals surface area (Å²) < 4.78 is 22.2. The highest BCUT2D eigenvalue weighted by Gasteiger charge is 2.14. The molecule has 3 rings (SSSR count). The van der Waals surface area contributed by atoms with E-state index in [1.165, 1.54) is 0 Å². The second kappa shape index (κ2) is 8.53. The molecule has 3 aromatic rings. The fraction of sp³-hybridized carbons (Fsp3) is 0.0870. The maximum absolute atomic E-state index is 9.37. The fourth-order valence-electron chi connectivity index (χ4n) is 2.47. The van der Waals surface area contributed by atoms with Gasteiger partial charge in [-0.1, -0.05) is 5.92 Å². The van der Waals surface area contributed by atoms with Crippen LogP contribution in [0.5, 0.6) is 34.5 Å². The molecule has 0 aliphatic heterocycles. The van der Waals surface area contributed by atoms with Gasteiger partial charge >= 0.3 is 0 Å². The molecule has 5 heteroatoms. The molecule has 0 saturated heterocycles. The third-order valence-corrected chi connectivity index (χ3v) is 3.93. The van der Waals surface area contributed by atoms with Crippen LogP contribution in [0.1, 0.15) is 11.1 Å². The van der Waals surface area contributed by atoms with Crippen molar-refractivity contribution in [3.05, 3.63) is 71.8 Å². The third kappa shape index (κ3) is 4.17. The first-order valence-corrected chi connectivity index (χ1v) is 8.35. The van der Waals surface area contributed by atoms with Crippen LogP contribution in [0.15, 0.2) is 60.7 Å². The van der Waals surface area contributed by atoms with E-state index in [0.717, 1.165) is 0 Å². The van der Waals surface area contributed by atoms with Gasteiger partial charge in [0.15, 0.2) is 11.5 Å². The molecule has 28 heavy (non-hydrogen) atoms. The lowest BCUT2D eigenvalue weighted by atomic mass is 10.1. The number of hydrogen-bond donors (Lipinski definition) is 0. The van der Waals surface area contributed by atoms with Crippen LogP contribution in [-0.4, -0.2) is 14.2 Å². The summed E-state index contributed by atoms with van der Waals surface area (Å²) in [5.41, 5.74) is 0.751. The zero-order chi connectivity index (χ0) is 19.9. The standard InChI is InChI=1S/C23H17NO4/c1-4-16-13-22(27-20-9-5-18(25-2)6-10-20)23(14-17(16)15-24)28-21-11-7-19(26-3)8-12-21/h1,5-14H,2-3H3. The highest BCUT2D eigenvalue weighted by molar-refractivity contribution is 5.58. The van der Waals surface area contributed by atoms with E-state index in [-0.39, 0.29) is 0 Å². The Bertz CT molecular complexity index is 956. The molecule has 3 aromatic carbocycles. The van der Waals surface area contributed by atoms with Crippen LogP contribution in [-0.2, 0) is 0 Å². The van der Waals surface area contributed by atoms with Gasteiger partial charge in [-0.25, -0.2) is 0 Å². The van der Waals surface area contributed by atoms with Gasteiger partial charge in [0.1, 0.15) is 29.1 Å². The van der Waals surface area contributed by atoms with Crippen molar-refractivity contribution in [1.29, 1.82) is 5.26 Å². The number of methoxy groups -OCH3 is 2. The molecule has 0 aliphatic carbocycles. The molecule has 0 aliphatic rings. The van der Waals surface area contributed by atoms with Crippen LogP contribution in [0.3, 0.4) is 0 Å². The van der Waals surface area contributed by atoms with E-state index in [1.807, 2.05) is 0 Å². The number of nitriles is 1. The molecule has 0 unspecified atom stereocenters. The fourth-order valence-corrected chi connectivity index (χ4v) is 2.47. The molecular weight excluding hydrogens is 354 g/mol. The van der Waals surface area contributed by atoms with E-state index in [9.17, 15) is 5.26 Å². The van der Waals surface area contributed by atoms with E-state index in [4.69, 9.17) is 25.4 Å². The van der Waals surface area contributed by atoms with Gasteiger partial charge in [0.2, 0.25) is 0 Å². The average Bonchev–Trinajstić information content (AvgIpc) is 2.75. The molecule has 5 nitrogen and oxygen atoms in total. The zero-order valence-electron chi connectivity index (χ0n) is 15.4. The molecule has 0 atom stereocenters. The largest absolute Gasteiger partial charge is 0.497 e. The van der Waals surface area contributed by atoms with Gasteiger partial charge in [-0.05, 0) is 48.5 Å². The summed E-state index contributed by atoms with van der Waals surface area (Å²) in [4.78, 5) is 0. The minimum atomic E-state index is 0.327. The van der Waals surface area contributed by atoms with Gasteiger partial charge in [-0.15, -0.1) is 6.42 Å². The van der Waals surface area contributed by atoms with Gasteiger partial charge in [0, 0.05) is 17.7 Å². The number of benzene rings is 3. The quantitative estimate of drug-likeness (QED) is 0.561. The van der Waals surface area contributed by atoms with Crippen molar-refractivity contribution in [2.45, 2.75) is 0 Å². The molecule has 0 aromatic heterocycles. The molecule has 0 N–H and O–H groups in total. The number of hydrogen-bond acceptors (Lipinski definition) is 5. The highest BCUT2D eigenvalue weighted by Crippen LogP contribution is 2.37. The Kier molecular flexibility index (Phi) is 5.69. The summed E-state index contributed by atoms with van der Waals surface area (Å²) >= 11 is 0. The van der Waals surface area contributed by atoms with Crippen molar-refractivity contribution in [1.82, 2.24) is 0 Å². The lowest BCUT2D eigenvalue weighted by molar-refractivity contribution is 0.405. The topological polar surface area (TPSA) is 60.7 Å². The Morgan fingerprint density at radius 1 is 0.679 bits per heavy atom. The summed E-state index contributed by atoms with van der Waals surface area (Å²) in [6, 6.07) is 19.4. The Morgan fingerprint density at radius 3 is 1.43 bits per heavy atom. The molecule has 0 saturated carbocycles. The van der Waals surface area contributed by atoms with Crippen LogP contribution >= 0.6 is 0 Å². The smallest absolute Gasteiger partial charge is 0.171 e. The van der Waals surface area contributed by atoms with Crippen molar-refractivity contribution in [3.8, 4) is 52.9 Å². The molecule has 0 heterocycles. The Morgan fingerprint density at radius 2 is 1.07 bits per heavy atom. The van der Waals surface area contributed by atoms with Gasteiger partial charge in [0.05, 0.1) is 19.8 Å². The van der Waals surface area contributed by atoms with Gasteiger partial charge < -0.3 is 18.9 Å². The number of terminal acetylenes is 1. The van der Waals surface area contributed by atoms with Gasteiger partial charge in [0.25, 0.3) is 0 Å². The SMILES string of the molecule is C#Cc1cc(Oc2ccc(OC)cc2)c(Oc2ccc(OC)cc2)cc1C#N. The van der Waals surface area contributed by atoms with E-state index in [2.05, 4.69) is 12.0 Å². The first-order chi connectivity index (χ1) is 13.7. The van der Waals surface area contributed by atoms with Crippen molar-refractivity contribution in [2.75, 3.05) is 14.2 Å². The lowest BCUT2D eigenvalue weighted by Crippen LogP contribution is -1.95. The number of rotatable bonds is 6. The van der Waals surface area contributed by atoms with Crippen LogP contribution in [0.25, 0.3) is 0 Å². The summed E-state index contributed by atoms with van der Waals surface area (Å²) in [6.07, 6.45) is 5.53. The summed E-state index contributed by atoms with van der Waals surface area (Å²) in [5.74, 6) is 5.84. The van der Waals surface area contributed by atoms with E-state index in [1.54, 1.807) is 74.9 Å². The predicted molar refractivity (Wildman–Crippen MR) is 105 cm³/mol. The number of nitrogens with zero attached hydrogens (tertiary/aromatic N) is 1. The first-order valence-electron chi connectivity index (χ1n) is 8.35. The molecule has 0 amide bonds. The van der Waals surface area contributed by atoms with E-state index >= 15 is 0 Å².